The molecule has 2 heteroatoms. The highest BCUT2D eigenvalue weighted by Crippen LogP contribution is 2.47. The molecule has 0 saturated heterocycles. The van der Waals surface area contributed by atoms with Crippen molar-refractivity contribution in [1.29, 1.82) is 0 Å². The molecule has 146 valence electrons. The topological polar surface area (TPSA) is 0 Å². The van der Waals surface area contributed by atoms with Crippen LogP contribution >= 0.6 is 0 Å². The Hall–Kier alpha value is -1.70. The fraction of sp³-hybridized carbons (Fsp3) is 0.520. The first kappa shape index (κ1) is 20.0. The number of hydrogen-bond acceptors (Lipinski definition) is 0. The van der Waals surface area contributed by atoms with Crippen LogP contribution in [0.3, 0.4) is 0 Å². The molecule has 0 unspecified atom stereocenters. The molecule has 2 aromatic rings. The van der Waals surface area contributed by atoms with Crippen molar-refractivity contribution in [2.45, 2.75) is 78.1 Å². The molecule has 1 saturated carbocycles. The van der Waals surface area contributed by atoms with Gasteiger partial charge >= 0.3 is 0 Å². The van der Waals surface area contributed by atoms with Crippen LogP contribution in [0.2, 0.25) is 0 Å². The number of rotatable bonds is 6. The summed E-state index contributed by atoms with van der Waals surface area (Å²) in [6, 6.07) is 11.5. The van der Waals surface area contributed by atoms with Crippen molar-refractivity contribution in [3.63, 3.8) is 0 Å². The SMILES string of the molecule is CCCC1(CC)CCC(c2ccc(-c3ccc(CC)c(F)c3F)cc2)CC1. The summed E-state index contributed by atoms with van der Waals surface area (Å²) in [5.41, 5.74) is 3.43. The molecule has 0 spiro atoms. The van der Waals surface area contributed by atoms with Crippen LogP contribution in [-0.4, -0.2) is 0 Å². The molecule has 0 amide bonds. The van der Waals surface area contributed by atoms with E-state index in [0.717, 1.165) is 5.56 Å². The van der Waals surface area contributed by atoms with E-state index in [9.17, 15) is 8.78 Å². The Morgan fingerprint density at radius 3 is 2.11 bits per heavy atom. The number of halogens is 2. The zero-order valence-electron chi connectivity index (χ0n) is 17.0. The summed E-state index contributed by atoms with van der Waals surface area (Å²) in [5, 5.41) is 0. The zero-order valence-corrected chi connectivity index (χ0v) is 17.0. The molecular weight excluding hydrogens is 338 g/mol. The second-order valence-corrected chi connectivity index (χ2v) is 8.25. The van der Waals surface area contributed by atoms with Crippen LogP contribution in [0, 0.1) is 17.0 Å². The van der Waals surface area contributed by atoms with Crippen molar-refractivity contribution < 1.29 is 8.78 Å². The van der Waals surface area contributed by atoms with E-state index in [1.807, 2.05) is 19.1 Å². The van der Waals surface area contributed by atoms with Gasteiger partial charge in [0.2, 0.25) is 0 Å². The number of hydrogen-bond donors (Lipinski definition) is 0. The predicted octanol–water partition coefficient (Wildman–Crippen LogP) is 8.05. The fourth-order valence-electron chi connectivity index (χ4n) is 4.89. The third kappa shape index (κ3) is 4.10. The van der Waals surface area contributed by atoms with Crippen molar-refractivity contribution in [2.24, 2.45) is 5.41 Å². The van der Waals surface area contributed by atoms with Crippen molar-refractivity contribution in [3.8, 4) is 11.1 Å². The molecule has 0 radical (unpaired) electrons. The summed E-state index contributed by atoms with van der Waals surface area (Å²) >= 11 is 0. The third-order valence-corrected chi connectivity index (χ3v) is 6.81. The molecule has 0 heterocycles. The van der Waals surface area contributed by atoms with Gasteiger partial charge in [-0.1, -0.05) is 70.0 Å². The summed E-state index contributed by atoms with van der Waals surface area (Å²) in [6.07, 6.45) is 9.48. The van der Waals surface area contributed by atoms with Crippen LogP contribution in [0.1, 0.15) is 82.8 Å². The van der Waals surface area contributed by atoms with Gasteiger partial charge in [-0.15, -0.1) is 0 Å². The number of aryl methyl sites for hydroxylation is 1. The predicted molar refractivity (Wildman–Crippen MR) is 110 cm³/mol. The van der Waals surface area contributed by atoms with Gasteiger partial charge in [0.15, 0.2) is 11.6 Å². The largest absolute Gasteiger partial charge is 0.203 e. The van der Waals surface area contributed by atoms with E-state index in [2.05, 4.69) is 26.0 Å². The highest BCUT2D eigenvalue weighted by Gasteiger charge is 2.33. The third-order valence-electron chi connectivity index (χ3n) is 6.81. The molecule has 0 aliphatic heterocycles. The van der Waals surface area contributed by atoms with Crippen molar-refractivity contribution in [1.82, 2.24) is 0 Å². The summed E-state index contributed by atoms with van der Waals surface area (Å²) < 4.78 is 28.5. The smallest absolute Gasteiger partial charge is 0.166 e. The van der Waals surface area contributed by atoms with Crippen LogP contribution in [0.4, 0.5) is 8.78 Å². The monoisotopic (exact) mass is 370 g/mol. The lowest BCUT2D eigenvalue weighted by molar-refractivity contribution is 0.150. The van der Waals surface area contributed by atoms with E-state index >= 15 is 0 Å². The molecule has 3 rings (SSSR count). The van der Waals surface area contributed by atoms with E-state index in [1.165, 1.54) is 50.5 Å². The summed E-state index contributed by atoms with van der Waals surface area (Å²) in [7, 11) is 0. The average Bonchev–Trinajstić information content (AvgIpc) is 2.71. The Morgan fingerprint density at radius 1 is 0.889 bits per heavy atom. The van der Waals surface area contributed by atoms with Crippen LogP contribution in [0.15, 0.2) is 36.4 Å². The lowest BCUT2D eigenvalue weighted by atomic mass is 9.65. The van der Waals surface area contributed by atoms with E-state index in [-0.39, 0.29) is 0 Å². The maximum atomic E-state index is 14.4. The maximum Gasteiger partial charge on any atom is 0.166 e. The van der Waals surface area contributed by atoms with E-state index in [1.54, 1.807) is 12.1 Å². The molecule has 0 bridgehead atoms. The first-order valence-corrected chi connectivity index (χ1v) is 10.6. The van der Waals surface area contributed by atoms with Gasteiger partial charge < -0.3 is 0 Å². The average molecular weight is 371 g/mol. The minimum absolute atomic E-state index is 0.354. The van der Waals surface area contributed by atoms with Gasteiger partial charge in [0.25, 0.3) is 0 Å². The maximum absolute atomic E-state index is 14.4. The zero-order chi connectivity index (χ0) is 19.4. The van der Waals surface area contributed by atoms with Gasteiger partial charge in [0, 0.05) is 5.56 Å². The quantitative estimate of drug-likeness (QED) is 0.482. The van der Waals surface area contributed by atoms with Crippen molar-refractivity contribution >= 4 is 0 Å². The van der Waals surface area contributed by atoms with Gasteiger partial charge in [-0.25, -0.2) is 8.78 Å². The Morgan fingerprint density at radius 2 is 1.56 bits per heavy atom. The highest BCUT2D eigenvalue weighted by atomic mass is 19.2. The normalized spacial score (nSPS) is 22.8. The van der Waals surface area contributed by atoms with Crippen molar-refractivity contribution in [3.05, 3.63) is 59.2 Å². The second kappa shape index (κ2) is 8.54. The fourth-order valence-corrected chi connectivity index (χ4v) is 4.89. The summed E-state index contributed by atoms with van der Waals surface area (Å²) in [5.74, 6) is -0.843. The van der Waals surface area contributed by atoms with E-state index in [4.69, 9.17) is 0 Å². The Kier molecular flexibility index (Phi) is 6.34. The molecule has 0 nitrogen and oxygen atoms in total. The molecule has 0 N–H and O–H groups in total. The number of benzene rings is 2. The van der Waals surface area contributed by atoms with Gasteiger partial charge in [-0.05, 0) is 66.5 Å². The molecule has 1 aliphatic rings. The van der Waals surface area contributed by atoms with Crippen LogP contribution in [-0.2, 0) is 6.42 Å². The molecule has 1 aliphatic carbocycles. The molecule has 1 fully saturated rings. The van der Waals surface area contributed by atoms with Gasteiger partial charge in [-0.2, -0.15) is 0 Å². The van der Waals surface area contributed by atoms with Crippen LogP contribution in [0.5, 0.6) is 0 Å². The Bertz CT molecular complexity index is 753. The van der Waals surface area contributed by atoms with Gasteiger partial charge in [0.05, 0.1) is 0 Å². The molecule has 0 atom stereocenters. The van der Waals surface area contributed by atoms with Crippen molar-refractivity contribution in [2.75, 3.05) is 0 Å². The van der Waals surface area contributed by atoms with Gasteiger partial charge in [0.1, 0.15) is 0 Å². The first-order valence-electron chi connectivity index (χ1n) is 10.6. The molecular formula is C25H32F2. The van der Waals surface area contributed by atoms with Crippen LogP contribution < -0.4 is 0 Å². The standard InChI is InChI=1S/C25H32F2/c1-4-15-25(6-3)16-13-20(14-17-25)19-7-9-21(10-8-19)22-12-11-18(5-2)23(26)24(22)27/h7-12,20H,4-6,13-17H2,1-3H3. The van der Waals surface area contributed by atoms with Crippen LogP contribution in [0.25, 0.3) is 11.1 Å². The minimum Gasteiger partial charge on any atom is -0.203 e. The summed E-state index contributed by atoms with van der Waals surface area (Å²) in [4.78, 5) is 0. The lowest BCUT2D eigenvalue weighted by Gasteiger charge is -2.40. The molecule has 2 aromatic carbocycles. The van der Waals surface area contributed by atoms with E-state index in [0.29, 0.717) is 28.9 Å². The highest BCUT2D eigenvalue weighted by molar-refractivity contribution is 5.65. The van der Waals surface area contributed by atoms with E-state index < -0.39 is 11.6 Å². The molecule has 27 heavy (non-hydrogen) atoms. The Balaban J connectivity index is 1.74. The first-order chi connectivity index (χ1) is 13.0. The Labute approximate surface area is 163 Å². The van der Waals surface area contributed by atoms with Gasteiger partial charge in [-0.3, -0.25) is 0 Å². The minimum atomic E-state index is -0.730. The second-order valence-electron chi connectivity index (χ2n) is 8.25. The lowest BCUT2D eigenvalue weighted by Crippen LogP contribution is -2.26. The molecule has 0 aromatic heterocycles. The summed E-state index contributed by atoms with van der Waals surface area (Å²) in [6.45, 7) is 6.46.